The highest BCUT2D eigenvalue weighted by Crippen LogP contribution is 2.40. The average Bonchev–Trinajstić information content (AvgIpc) is 2.60. The van der Waals surface area contributed by atoms with Crippen molar-refractivity contribution in [1.29, 1.82) is 0 Å². The summed E-state index contributed by atoms with van der Waals surface area (Å²) in [6, 6.07) is 1.18. The Bertz CT molecular complexity index is 855. The number of alkyl carbamates (subject to hydrolysis) is 1. The summed E-state index contributed by atoms with van der Waals surface area (Å²) >= 11 is 0. The minimum absolute atomic E-state index is 0.0113. The molecule has 1 aliphatic carbocycles. The van der Waals surface area contributed by atoms with E-state index in [1.54, 1.807) is 26.8 Å². The SMILES string of the molecule is CC(C)(C)OC(=O)NC1C=C(c2ccncc2[N+](=O)[O-])CCC1O[Si](C)(C)C(C)(C)C. The van der Waals surface area contributed by atoms with E-state index in [0.717, 1.165) is 5.57 Å². The van der Waals surface area contributed by atoms with Crippen LogP contribution in [0.1, 0.15) is 59.9 Å². The van der Waals surface area contributed by atoms with Gasteiger partial charge in [0.25, 0.3) is 5.69 Å². The monoisotopic (exact) mass is 449 g/mol. The van der Waals surface area contributed by atoms with E-state index in [1.165, 1.54) is 12.4 Å². The van der Waals surface area contributed by atoms with Crippen LogP contribution in [0.2, 0.25) is 18.1 Å². The highest BCUT2D eigenvalue weighted by atomic mass is 28.4. The summed E-state index contributed by atoms with van der Waals surface area (Å²) in [5, 5.41) is 14.4. The van der Waals surface area contributed by atoms with E-state index in [2.05, 4.69) is 44.2 Å². The van der Waals surface area contributed by atoms with Crippen LogP contribution in [0.15, 0.2) is 24.5 Å². The maximum Gasteiger partial charge on any atom is 0.408 e. The molecule has 0 aliphatic heterocycles. The number of carbonyl (C=O) groups excluding carboxylic acids is 1. The fraction of sp³-hybridized carbons (Fsp3) is 0.636. The number of amides is 1. The van der Waals surface area contributed by atoms with E-state index < -0.39 is 31.0 Å². The third kappa shape index (κ3) is 6.61. The maximum absolute atomic E-state index is 12.5. The molecule has 8 nitrogen and oxygen atoms in total. The van der Waals surface area contributed by atoms with Gasteiger partial charge in [0.15, 0.2) is 8.32 Å². The van der Waals surface area contributed by atoms with Crippen LogP contribution in [-0.2, 0) is 9.16 Å². The number of allylic oxidation sites excluding steroid dienone is 1. The van der Waals surface area contributed by atoms with E-state index in [9.17, 15) is 14.9 Å². The molecule has 172 valence electrons. The summed E-state index contributed by atoms with van der Waals surface area (Å²) in [4.78, 5) is 27.4. The third-order valence-electron chi connectivity index (χ3n) is 5.76. The lowest BCUT2D eigenvalue weighted by atomic mass is 9.89. The topological polar surface area (TPSA) is 104 Å². The molecule has 0 aromatic carbocycles. The maximum atomic E-state index is 12.5. The number of pyridine rings is 1. The van der Waals surface area contributed by atoms with E-state index in [4.69, 9.17) is 9.16 Å². The van der Waals surface area contributed by atoms with Crippen molar-refractivity contribution in [3.63, 3.8) is 0 Å². The van der Waals surface area contributed by atoms with Gasteiger partial charge in [-0.15, -0.1) is 0 Å². The van der Waals surface area contributed by atoms with Crippen LogP contribution in [-0.4, -0.2) is 42.1 Å². The van der Waals surface area contributed by atoms with E-state index in [-0.39, 0.29) is 16.8 Å². The van der Waals surface area contributed by atoms with Gasteiger partial charge in [-0.25, -0.2) is 4.79 Å². The highest BCUT2D eigenvalue weighted by molar-refractivity contribution is 6.74. The molecule has 0 radical (unpaired) electrons. The lowest BCUT2D eigenvalue weighted by molar-refractivity contribution is -0.385. The van der Waals surface area contributed by atoms with Gasteiger partial charge in [0.2, 0.25) is 0 Å². The Morgan fingerprint density at radius 1 is 1.26 bits per heavy atom. The molecule has 1 aromatic heterocycles. The molecule has 2 rings (SSSR count). The third-order valence-corrected chi connectivity index (χ3v) is 10.3. The van der Waals surface area contributed by atoms with Gasteiger partial charge in [0.05, 0.1) is 22.6 Å². The first-order chi connectivity index (χ1) is 14.1. The Hall–Kier alpha value is -2.26. The molecule has 0 saturated heterocycles. The van der Waals surface area contributed by atoms with Crippen LogP contribution in [0, 0.1) is 10.1 Å². The van der Waals surface area contributed by atoms with Crippen molar-refractivity contribution in [2.75, 3.05) is 0 Å². The smallest absolute Gasteiger partial charge is 0.408 e. The second kappa shape index (κ2) is 9.08. The molecule has 2 atom stereocenters. The van der Waals surface area contributed by atoms with Gasteiger partial charge in [-0.05, 0) is 63.4 Å². The molecule has 1 N–H and O–H groups in total. The molecule has 1 amide bonds. The van der Waals surface area contributed by atoms with Gasteiger partial charge in [0.1, 0.15) is 11.8 Å². The molecule has 9 heteroatoms. The molecule has 0 bridgehead atoms. The van der Waals surface area contributed by atoms with Crippen molar-refractivity contribution in [3.05, 3.63) is 40.2 Å². The zero-order chi connectivity index (χ0) is 23.6. The highest BCUT2D eigenvalue weighted by Gasteiger charge is 2.42. The molecule has 1 aromatic rings. The number of aromatic nitrogens is 1. The molecule has 2 unspecified atom stereocenters. The summed E-state index contributed by atoms with van der Waals surface area (Å²) < 4.78 is 12.1. The number of rotatable bonds is 5. The van der Waals surface area contributed by atoms with Crippen molar-refractivity contribution >= 4 is 25.7 Å². The van der Waals surface area contributed by atoms with Gasteiger partial charge in [0, 0.05) is 6.20 Å². The van der Waals surface area contributed by atoms with Crippen molar-refractivity contribution in [1.82, 2.24) is 10.3 Å². The zero-order valence-corrected chi connectivity index (χ0v) is 20.8. The van der Waals surface area contributed by atoms with Crippen molar-refractivity contribution in [2.45, 2.75) is 90.3 Å². The van der Waals surface area contributed by atoms with Gasteiger partial charge in [-0.1, -0.05) is 26.8 Å². The molecule has 1 aliphatic rings. The average molecular weight is 450 g/mol. The van der Waals surface area contributed by atoms with E-state index in [1.807, 2.05) is 6.08 Å². The summed E-state index contributed by atoms with van der Waals surface area (Å²) in [6.45, 7) is 16.3. The number of nitrogens with zero attached hydrogens (tertiary/aromatic N) is 2. The number of ether oxygens (including phenoxy) is 1. The first-order valence-electron chi connectivity index (χ1n) is 10.6. The fourth-order valence-electron chi connectivity index (χ4n) is 3.18. The normalized spacial score (nSPS) is 20.1. The van der Waals surface area contributed by atoms with Crippen LogP contribution < -0.4 is 5.32 Å². The van der Waals surface area contributed by atoms with E-state index >= 15 is 0 Å². The second-order valence-electron chi connectivity index (χ2n) is 10.5. The minimum Gasteiger partial charge on any atom is -0.444 e. The molecule has 0 saturated carbocycles. The zero-order valence-electron chi connectivity index (χ0n) is 19.8. The quantitative estimate of drug-likeness (QED) is 0.364. The predicted octanol–water partition coefficient (Wildman–Crippen LogP) is 5.45. The number of carbonyl (C=O) groups is 1. The Labute approximate surface area is 185 Å². The lowest BCUT2D eigenvalue weighted by Crippen LogP contribution is -2.52. The first kappa shape index (κ1) is 25.0. The molecular weight excluding hydrogens is 414 g/mol. The molecule has 31 heavy (non-hydrogen) atoms. The summed E-state index contributed by atoms with van der Waals surface area (Å²) in [7, 11) is -2.10. The number of nitrogens with one attached hydrogen (secondary N) is 1. The van der Waals surface area contributed by atoms with Crippen LogP contribution >= 0.6 is 0 Å². The van der Waals surface area contributed by atoms with Gasteiger partial charge in [-0.3, -0.25) is 15.1 Å². The molecular formula is C22H35N3O5Si. The van der Waals surface area contributed by atoms with E-state index in [0.29, 0.717) is 18.4 Å². The number of nitro groups is 1. The van der Waals surface area contributed by atoms with Crippen molar-refractivity contribution in [2.24, 2.45) is 0 Å². The Morgan fingerprint density at radius 3 is 2.45 bits per heavy atom. The Kier molecular flexibility index (Phi) is 7.32. The second-order valence-corrected chi connectivity index (χ2v) is 15.2. The number of hydrogen-bond donors (Lipinski definition) is 1. The Morgan fingerprint density at radius 2 is 1.90 bits per heavy atom. The first-order valence-corrected chi connectivity index (χ1v) is 13.5. The molecule has 1 heterocycles. The molecule has 0 fully saturated rings. The van der Waals surface area contributed by atoms with Crippen molar-refractivity contribution < 1.29 is 18.9 Å². The minimum atomic E-state index is -2.10. The van der Waals surface area contributed by atoms with Crippen LogP contribution in [0.5, 0.6) is 0 Å². The predicted molar refractivity (Wildman–Crippen MR) is 123 cm³/mol. The summed E-state index contributed by atoms with van der Waals surface area (Å²) in [5.74, 6) is 0. The summed E-state index contributed by atoms with van der Waals surface area (Å²) in [5.41, 5.74) is 0.630. The van der Waals surface area contributed by atoms with Crippen LogP contribution in [0.3, 0.4) is 0 Å². The summed E-state index contributed by atoms with van der Waals surface area (Å²) in [6.07, 6.45) is 5.13. The molecule has 0 spiro atoms. The van der Waals surface area contributed by atoms with Gasteiger partial charge in [-0.2, -0.15) is 0 Å². The number of hydrogen-bond acceptors (Lipinski definition) is 6. The van der Waals surface area contributed by atoms with Crippen LogP contribution in [0.25, 0.3) is 5.57 Å². The van der Waals surface area contributed by atoms with Crippen LogP contribution in [0.4, 0.5) is 10.5 Å². The lowest BCUT2D eigenvalue weighted by Gasteiger charge is -2.42. The van der Waals surface area contributed by atoms with Gasteiger partial charge < -0.3 is 14.5 Å². The fourth-order valence-corrected chi connectivity index (χ4v) is 4.55. The largest absolute Gasteiger partial charge is 0.444 e. The Balaban J connectivity index is 2.39. The van der Waals surface area contributed by atoms with Gasteiger partial charge >= 0.3 is 6.09 Å². The van der Waals surface area contributed by atoms with Crippen molar-refractivity contribution in [3.8, 4) is 0 Å². The standard InChI is InChI=1S/C22H35N3O5Si/c1-21(2,3)29-20(26)24-17-13-15(16-11-12-23-14-18(16)25(27)28)9-10-19(17)30-31(7,8)22(4,5)6/h11-14,17,19H,9-10H2,1-8H3,(H,24,26).